The Labute approximate surface area is 216 Å². The number of anilines is 1. The molecule has 1 atom stereocenters. The van der Waals surface area contributed by atoms with Crippen LogP contribution in [0.5, 0.6) is 0 Å². The lowest BCUT2D eigenvalue weighted by atomic mass is 9.98. The largest absolute Gasteiger partial charge is 0.462 e. The summed E-state index contributed by atoms with van der Waals surface area (Å²) >= 11 is 3.50. The van der Waals surface area contributed by atoms with Gasteiger partial charge in [-0.25, -0.2) is 4.79 Å². The van der Waals surface area contributed by atoms with Gasteiger partial charge in [0, 0.05) is 10.2 Å². The monoisotopic (exact) mass is 545 g/mol. The van der Waals surface area contributed by atoms with Gasteiger partial charge in [0.1, 0.15) is 5.58 Å². The second kappa shape index (κ2) is 9.74. The number of hydrogen-bond acceptors (Lipinski definition) is 5. The van der Waals surface area contributed by atoms with Crippen molar-refractivity contribution in [3.05, 3.63) is 109 Å². The molecule has 0 radical (unpaired) electrons. The SMILES string of the molecule is CCCCOC(=O)c1ccc(N2C(=O)c3oc4ccc(C)cc4c(=O)c3C2c2cccc(Br)c2)cc1. The van der Waals surface area contributed by atoms with E-state index in [4.69, 9.17) is 9.15 Å². The Morgan fingerprint density at radius 2 is 1.83 bits per heavy atom. The molecule has 1 aliphatic heterocycles. The second-order valence-corrected chi connectivity index (χ2v) is 9.76. The summed E-state index contributed by atoms with van der Waals surface area (Å²) in [6.07, 6.45) is 1.73. The number of halogens is 1. The first-order chi connectivity index (χ1) is 17.4. The molecule has 0 bridgehead atoms. The minimum atomic E-state index is -0.687. The molecule has 7 heteroatoms. The van der Waals surface area contributed by atoms with E-state index in [0.29, 0.717) is 34.4 Å². The number of benzene rings is 3. The predicted molar refractivity (Wildman–Crippen MR) is 142 cm³/mol. The molecule has 0 fully saturated rings. The van der Waals surface area contributed by atoms with Crippen LogP contribution in [0.2, 0.25) is 0 Å². The molecule has 36 heavy (non-hydrogen) atoms. The van der Waals surface area contributed by atoms with Gasteiger partial charge in [0.2, 0.25) is 5.76 Å². The Balaban J connectivity index is 1.63. The number of aryl methyl sites for hydroxylation is 1. The van der Waals surface area contributed by atoms with Gasteiger partial charge in [-0.3, -0.25) is 14.5 Å². The van der Waals surface area contributed by atoms with Crippen molar-refractivity contribution < 1.29 is 18.7 Å². The van der Waals surface area contributed by atoms with E-state index in [0.717, 1.165) is 28.4 Å². The van der Waals surface area contributed by atoms with E-state index in [9.17, 15) is 14.4 Å². The third-order valence-electron chi connectivity index (χ3n) is 6.30. The third-order valence-corrected chi connectivity index (χ3v) is 6.80. The number of fused-ring (bicyclic) bond motifs is 2. The average molecular weight is 546 g/mol. The molecule has 0 saturated carbocycles. The summed E-state index contributed by atoms with van der Waals surface area (Å²) < 4.78 is 12.1. The number of unbranched alkanes of at least 4 members (excludes halogenated alkanes) is 1. The van der Waals surface area contributed by atoms with Crippen molar-refractivity contribution in [2.24, 2.45) is 0 Å². The molecule has 4 aromatic rings. The topological polar surface area (TPSA) is 76.8 Å². The molecule has 6 nitrogen and oxygen atoms in total. The number of esters is 1. The first kappa shape index (κ1) is 24.0. The molecular weight excluding hydrogens is 522 g/mol. The zero-order valence-electron chi connectivity index (χ0n) is 19.9. The fourth-order valence-electron chi connectivity index (χ4n) is 4.50. The van der Waals surface area contributed by atoms with Crippen molar-refractivity contribution in [1.29, 1.82) is 0 Å². The van der Waals surface area contributed by atoms with Gasteiger partial charge in [0.05, 0.1) is 29.2 Å². The van der Waals surface area contributed by atoms with Crippen LogP contribution in [0.25, 0.3) is 11.0 Å². The van der Waals surface area contributed by atoms with E-state index in [1.807, 2.05) is 44.2 Å². The molecule has 1 aromatic heterocycles. The van der Waals surface area contributed by atoms with Gasteiger partial charge in [-0.15, -0.1) is 0 Å². The summed E-state index contributed by atoms with van der Waals surface area (Å²) in [5.74, 6) is -0.787. The van der Waals surface area contributed by atoms with Gasteiger partial charge in [-0.1, -0.05) is 53.0 Å². The number of carbonyl (C=O) groups excluding carboxylic acids is 2. The highest BCUT2D eigenvalue weighted by atomic mass is 79.9. The van der Waals surface area contributed by atoms with E-state index in [1.54, 1.807) is 41.3 Å². The summed E-state index contributed by atoms with van der Waals surface area (Å²) in [5, 5.41) is 0.438. The minimum Gasteiger partial charge on any atom is -0.462 e. The zero-order valence-corrected chi connectivity index (χ0v) is 21.5. The predicted octanol–water partition coefficient (Wildman–Crippen LogP) is 6.57. The van der Waals surface area contributed by atoms with Gasteiger partial charge < -0.3 is 9.15 Å². The molecule has 2 heterocycles. The number of rotatable bonds is 6. The van der Waals surface area contributed by atoms with Crippen molar-refractivity contribution in [3.63, 3.8) is 0 Å². The van der Waals surface area contributed by atoms with Crippen LogP contribution in [0.1, 0.15) is 63.4 Å². The van der Waals surface area contributed by atoms with Crippen LogP contribution in [0.4, 0.5) is 5.69 Å². The van der Waals surface area contributed by atoms with E-state index in [1.165, 1.54) is 0 Å². The van der Waals surface area contributed by atoms with Gasteiger partial charge in [-0.05, 0) is 67.4 Å². The Bertz CT molecular complexity index is 1540. The molecule has 0 saturated heterocycles. The molecular formula is C29H24BrNO5. The highest BCUT2D eigenvalue weighted by Crippen LogP contribution is 2.41. The number of ether oxygens (including phenoxy) is 1. The summed E-state index contributed by atoms with van der Waals surface area (Å²) in [7, 11) is 0. The van der Waals surface area contributed by atoms with Crippen LogP contribution >= 0.6 is 15.9 Å². The van der Waals surface area contributed by atoms with E-state index in [-0.39, 0.29) is 11.2 Å². The van der Waals surface area contributed by atoms with Crippen molar-refractivity contribution in [2.75, 3.05) is 11.5 Å². The lowest BCUT2D eigenvalue weighted by molar-refractivity contribution is 0.0499. The first-order valence-corrected chi connectivity index (χ1v) is 12.6. The van der Waals surface area contributed by atoms with Gasteiger partial charge in [0.25, 0.3) is 5.91 Å². The maximum absolute atomic E-state index is 13.7. The number of nitrogens with zero attached hydrogens (tertiary/aromatic N) is 1. The normalized spacial score (nSPS) is 14.8. The van der Waals surface area contributed by atoms with E-state index in [2.05, 4.69) is 15.9 Å². The van der Waals surface area contributed by atoms with Crippen LogP contribution in [0, 0.1) is 6.92 Å². The van der Waals surface area contributed by atoms with E-state index < -0.39 is 17.9 Å². The molecule has 5 rings (SSSR count). The molecule has 1 unspecified atom stereocenters. The summed E-state index contributed by atoms with van der Waals surface area (Å²) in [5.41, 5.74) is 3.08. The van der Waals surface area contributed by atoms with Gasteiger partial charge in [0.15, 0.2) is 5.43 Å². The lowest BCUT2D eigenvalue weighted by Crippen LogP contribution is -2.29. The smallest absolute Gasteiger partial charge is 0.338 e. The Morgan fingerprint density at radius 3 is 2.56 bits per heavy atom. The minimum absolute atomic E-state index is 0.0318. The Hall–Kier alpha value is -3.71. The molecule has 0 N–H and O–H groups in total. The maximum atomic E-state index is 13.7. The molecule has 3 aromatic carbocycles. The molecule has 182 valence electrons. The highest BCUT2D eigenvalue weighted by Gasteiger charge is 2.43. The highest BCUT2D eigenvalue weighted by molar-refractivity contribution is 9.10. The van der Waals surface area contributed by atoms with Gasteiger partial charge in [-0.2, -0.15) is 0 Å². The molecule has 1 aliphatic rings. The average Bonchev–Trinajstić information content (AvgIpc) is 3.17. The Kier molecular flexibility index (Phi) is 6.49. The molecule has 0 aliphatic carbocycles. The van der Waals surface area contributed by atoms with Crippen molar-refractivity contribution in [3.8, 4) is 0 Å². The van der Waals surface area contributed by atoms with Crippen LogP contribution in [-0.2, 0) is 4.74 Å². The first-order valence-electron chi connectivity index (χ1n) is 11.8. The fourth-order valence-corrected chi connectivity index (χ4v) is 4.91. The number of hydrogen-bond donors (Lipinski definition) is 0. The summed E-state index contributed by atoms with van der Waals surface area (Å²) in [4.78, 5) is 41.3. The van der Waals surface area contributed by atoms with Crippen LogP contribution in [0.3, 0.4) is 0 Å². The standard InChI is InChI=1S/C29H24BrNO5/c1-3-4-14-35-29(34)18-9-11-21(12-10-18)31-25(19-6-5-7-20(30)16-19)24-26(32)22-15-17(2)8-13-23(22)36-27(24)28(31)33/h5-13,15-16,25H,3-4,14H2,1-2H3. The number of amides is 1. The van der Waals surface area contributed by atoms with Crippen LogP contribution in [0.15, 0.2) is 80.4 Å². The summed E-state index contributed by atoms with van der Waals surface area (Å²) in [6, 6.07) is 18.8. The molecule has 1 amide bonds. The van der Waals surface area contributed by atoms with Gasteiger partial charge >= 0.3 is 5.97 Å². The second-order valence-electron chi connectivity index (χ2n) is 8.84. The third kappa shape index (κ3) is 4.24. The maximum Gasteiger partial charge on any atom is 0.338 e. The quantitative estimate of drug-likeness (QED) is 0.202. The van der Waals surface area contributed by atoms with Crippen molar-refractivity contribution >= 4 is 44.5 Å². The Morgan fingerprint density at radius 1 is 1.06 bits per heavy atom. The van der Waals surface area contributed by atoms with E-state index >= 15 is 0 Å². The lowest BCUT2D eigenvalue weighted by Gasteiger charge is -2.25. The number of carbonyl (C=O) groups is 2. The summed E-state index contributed by atoms with van der Waals surface area (Å²) in [6.45, 7) is 4.30. The van der Waals surface area contributed by atoms with Crippen LogP contribution in [-0.4, -0.2) is 18.5 Å². The fraction of sp³-hybridized carbons (Fsp3) is 0.207. The van der Waals surface area contributed by atoms with Crippen molar-refractivity contribution in [2.45, 2.75) is 32.7 Å². The van der Waals surface area contributed by atoms with Crippen molar-refractivity contribution in [1.82, 2.24) is 0 Å². The van der Waals surface area contributed by atoms with Crippen LogP contribution < -0.4 is 10.3 Å². The molecule has 0 spiro atoms. The zero-order chi connectivity index (χ0) is 25.4.